The third-order valence-electron chi connectivity index (χ3n) is 3.68. The topological polar surface area (TPSA) is 54.0 Å². The van der Waals surface area contributed by atoms with Crippen molar-refractivity contribution in [2.45, 2.75) is 13.5 Å². The molecule has 1 heterocycles. The van der Waals surface area contributed by atoms with Gasteiger partial charge in [-0.15, -0.1) is 0 Å². The van der Waals surface area contributed by atoms with Gasteiger partial charge in [-0.2, -0.15) is 0 Å². The molecular formula is C20H18ClN3O. The van der Waals surface area contributed by atoms with Gasteiger partial charge >= 0.3 is 0 Å². The first-order chi connectivity index (χ1) is 12.1. The molecule has 0 aliphatic heterocycles. The van der Waals surface area contributed by atoms with Crippen LogP contribution in [-0.4, -0.2) is 10.9 Å². The first kappa shape index (κ1) is 17.0. The summed E-state index contributed by atoms with van der Waals surface area (Å²) >= 11 is 5.99. The normalized spacial score (nSPS) is 10.3. The fraction of sp³-hybridized carbons (Fsp3) is 0.100. The number of carbonyl (C=O) groups excluding carboxylic acids is 1. The molecule has 3 aromatic rings. The lowest BCUT2D eigenvalue weighted by molar-refractivity contribution is 0.0946. The van der Waals surface area contributed by atoms with Crippen molar-refractivity contribution in [3.63, 3.8) is 0 Å². The standard InChI is InChI=1S/C20H18ClN3O/c1-14-5-7-15(8-6-14)13-23-20(25)19-12-18(9-10-22-19)24-17-4-2-3-16(21)11-17/h2-12H,13H2,1H3,(H,22,24)(H,23,25). The van der Waals surface area contributed by atoms with E-state index in [0.717, 1.165) is 16.9 Å². The number of rotatable bonds is 5. The Balaban J connectivity index is 1.65. The van der Waals surface area contributed by atoms with Gasteiger partial charge in [-0.25, -0.2) is 0 Å². The van der Waals surface area contributed by atoms with Crippen LogP contribution in [0.1, 0.15) is 21.6 Å². The maximum Gasteiger partial charge on any atom is 0.270 e. The van der Waals surface area contributed by atoms with Crippen molar-refractivity contribution in [1.82, 2.24) is 10.3 Å². The Morgan fingerprint density at radius 3 is 2.56 bits per heavy atom. The number of nitrogens with one attached hydrogen (secondary N) is 2. The summed E-state index contributed by atoms with van der Waals surface area (Å²) < 4.78 is 0. The van der Waals surface area contributed by atoms with E-state index in [0.29, 0.717) is 17.3 Å². The number of carbonyl (C=O) groups is 1. The van der Waals surface area contributed by atoms with Crippen molar-refractivity contribution < 1.29 is 4.79 Å². The molecule has 3 rings (SSSR count). The zero-order chi connectivity index (χ0) is 17.6. The van der Waals surface area contributed by atoms with Crippen molar-refractivity contribution in [3.8, 4) is 0 Å². The average Bonchev–Trinajstić information content (AvgIpc) is 2.61. The number of pyridine rings is 1. The Bertz CT molecular complexity index is 878. The van der Waals surface area contributed by atoms with Crippen LogP contribution in [0.5, 0.6) is 0 Å². The van der Waals surface area contributed by atoms with Crippen LogP contribution in [-0.2, 0) is 6.54 Å². The van der Waals surface area contributed by atoms with E-state index < -0.39 is 0 Å². The molecule has 2 aromatic carbocycles. The molecule has 0 saturated carbocycles. The van der Waals surface area contributed by atoms with E-state index in [2.05, 4.69) is 15.6 Å². The number of halogens is 1. The van der Waals surface area contributed by atoms with Crippen molar-refractivity contribution in [2.24, 2.45) is 0 Å². The average molecular weight is 352 g/mol. The quantitative estimate of drug-likeness (QED) is 0.699. The molecular weight excluding hydrogens is 334 g/mol. The molecule has 1 aromatic heterocycles. The predicted octanol–water partition coefficient (Wildman–Crippen LogP) is 4.72. The van der Waals surface area contributed by atoms with Crippen LogP contribution in [0.15, 0.2) is 66.9 Å². The summed E-state index contributed by atoms with van der Waals surface area (Å²) in [5, 5.41) is 6.75. The third-order valence-corrected chi connectivity index (χ3v) is 3.91. The monoisotopic (exact) mass is 351 g/mol. The van der Waals surface area contributed by atoms with Crippen molar-refractivity contribution in [2.75, 3.05) is 5.32 Å². The molecule has 0 atom stereocenters. The van der Waals surface area contributed by atoms with Crippen LogP contribution in [0.25, 0.3) is 0 Å². The largest absolute Gasteiger partial charge is 0.355 e. The van der Waals surface area contributed by atoms with E-state index in [-0.39, 0.29) is 5.91 Å². The maximum absolute atomic E-state index is 12.3. The number of hydrogen-bond acceptors (Lipinski definition) is 3. The molecule has 0 bridgehead atoms. The van der Waals surface area contributed by atoms with Gasteiger partial charge in [0.1, 0.15) is 5.69 Å². The Morgan fingerprint density at radius 1 is 1.04 bits per heavy atom. The molecule has 0 radical (unpaired) electrons. The smallest absolute Gasteiger partial charge is 0.270 e. The Morgan fingerprint density at radius 2 is 1.80 bits per heavy atom. The van der Waals surface area contributed by atoms with Gasteiger partial charge in [-0.1, -0.05) is 47.5 Å². The van der Waals surface area contributed by atoms with Crippen LogP contribution >= 0.6 is 11.6 Å². The second kappa shape index (κ2) is 7.81. The van der Waals surface area contributed by atoms with Crippen LogP contribution in [0.4, 0.5) is 11.4 Å². The Hall–Kier alpha value is -2.85. The van der Waals surface area contributed by atoms with E-state index in [9.17, 15) is 4.79 Å². The van der Waals surface area contributed by atoms with Gasteiger partial charge in [0.2, 0.25) is 0 Å². The molecule has 126 valence electrons. The van der Waals surface area contributed by atoms with Gasteiger partial charge in [-0.05, 0) is 42.8 Å². The molecule has 2 N–H and O–H groups in total. The molecule has 4 nitrogen and oxygen atoms in total. The summed E-state index contributed by atoms with van der Waals surface area (Å²) in [6, 6.07) is 19.0. The summed E-state index contributed by atoms with van der Waals surface area (Å²) in [7, 11) is 0. The fourth-order valence-electron chi connectivity index (χ4n) is 2.34. The highest BCUT2D eigenvalue weighted by Crippen LogP contribution is 2.20. The molecule has 0 unspecified atom stereocenters. The van der Waals surface area contributed by atoms with Crippen LogP contribution in [0.3, 0.4) is 0 Å². The zero-order valence-electron chi connectivity index (χ0n) is 13.8. The lowest BCUT2D eigenvalue weighted by Gasteiger charge is -2.09. The summed E-state index contributed by atoms with van der Waals surface area (Å²) in [5.74, 6) is -0.213. The minimum Gasteiger partial charge on any atom is -0.355 e. The molecule has 5 heteroatoms. The van der Waals surface area contributed by atoms with E-state index >= 15 is 0 Å². The SMILES string of the molecule is Cc1ccc(CNC(=O)c2cc(Nc3cccc(Cl)c3)ccn2)cc1. The Labute approximate surface area is 151 Å². The molecule has 0 spiro atoms. The summed E-state index contributed by atoms with van der Waals surface area (Å²) in [5.41, 5.74) is 4.23. The first-order valence-electron chi connectivity index (χ1n) is 7.92. The van der Waals surface area contributed by atoms with Gasteiger partial charge in [0.15, 0.2) is 0 Å². The van der Waals surface area contributed by atoms with E-state index in [1.165, 1.54) is 5.56 Å². The van der Waals surface area contributed by atoms with Gasteiger partial charge in [-0.3, -0.25) is 9.78 Å². The number of hydrogen-bond donors (Lipinski definition) is 2. The third kappa shape index (κ3) is 4.81. The molecule has 0 aliphatic rings. The van der Waals surface area contributed by atoms with Crippen LogP contribution in [0.2, 0.25) is 5.02 Å². The van der Waals surface area contributed by atoms with Gasteiger partial charge in [0.05, 0.1) is 0 Å². The highest BCUT2D eigenvalue weighted by Gasteiger charge is 2.08. The minimum absolute atomic E-state index is 0.213. The second-order valence-electron chi connectivity index (χ2n) is 5.73. The number of amides is 1. The summed E-state index contributed by atoms with van der Waals surface area (Å²) in [6.45, 7) is 2.50. The van der Waals surface area contributed by atoms with Gasteiger partial charge in [0.25, 0.3) is 5.91 Å². The van der Waals surface area contributed by atoms with E-state index in [4.69, 9.17) is 11.6 Å². The summed E-state index contributed by atoms with van der Waals surface area (Å²) in [6.07, 6.45) is 1.60. The summed E-state index contributed by atoms with van der Waals surface area (Å²) in [4.78, 5) is 16.5. The van der Waals surface area contributed by atoms with Crippen LogP contribution in [0, 0.1) is 6.92 Å². The van der Waals surface area contributed by atoms with Gasteiger partial charge in [0, 0.05) is 29.1 Å². The number of nitrogens with zero attached hydrogens (tertiary/aromatic N) is 1. The molecule has 0 aliphatic carbocycles. The lowest BCUT2D eigenvalue weighted by Crippen LogP contribution is -2.23. The van der Waals surface area contributed by atoms with Crippen LogP contribution < -0.4 is 10.6 Å². The molecule has 25 heavy (non-hydrogen) atoms. The fourth-order valence-corrected chi connectivity index (χ4v) is 2.53. The second-order valence-corrected chi connectivity index (χ2v) is 6.17. The number of aryl methyl sites for hydroxylation is 1. The van der Waals surface area contributed by atoms with Crippen molar-refractivity contribution in [1.29, 1.82) is 0 Å². The minimum atomic E-state index is -0.213. The number of benzene rings is 2. The molecule has 0 saturated heterocycles. The molecule has 1 amide bonds. The number of aromatic nitrogens is 1. The lowest BCUT2D eigenvalue weighted by atomic mass is 10.1. The van der Waals surface area contributed by atoms with Crippen molar-refractivity contribution >= 4 is 28.9 Å². The number of anilines is 2. The van der Waals surface area contributed by atoms with Crippen molar-refractivity contribution in [3.05, 3.63) is 88.7 Å². The van der Waals surface area contributed by atoms with E-state index in [1.54, 1.807) is 18.3 Å². The first-order valence-corrected chi connectivity index (χ1v) is 8.30. The van der Waals surface area contributed by atoms with E-state index in [1.807, 2.05) is 55.5 Å². The predicted molar refractivity (Wildman–Crippen MR) is 101 cm³/mol. The molecule has 0 fully saturated rings. The maximum atomic E-state index is 12.3. The van der Waals surface area contributed by atoms with Gasteiger partial charge < -0.3 is 10.6 Å². The highest BCUT2D eigenvalue weighted by atomic mass is 35.5. The zero-order valence-corrected chi connectivity index (χ0v) is 14.5. The Kier molecular flexibility index (Phi) is 5.31. The highest BCUT2D eigenvalue weighted by molar-refractivity contribution is 6.30.